The van der Waals surface area contributed by atoms with E-state index in [-0.39, 0.29) is 0 Å². The maximum absolute atomic E-state index is 5.79. The first kappa shape index (κ1) is 13.8. The molecule has 0 aliphatic heterocycles. The molecule has 0 bridgehead atoms. The lowest BCUT2D eigenvalue weighted by Crippen LogP contribution is -2.01. The molecule has 2 rings (SSSR count). The Hall–Kier alpha value is -1.62. The third-order valence-electron chi connectivity index (χ3n) is 2.67. The molecule has 100 valence electrons. The summed E-state index contributed by atoms with van der Waals surface area (Å²) in [5.74, 6) is 2.84. The molecule has 0 unspecified atom stereocenters. The smallest absolute Gasteiger partial charge is 0.224 e. The van der Waals surface area contributed by atoms with Crippen molar-refractivity contribution in [2.75, 3.05) is 12.4 Å². The van der Waals surface area contributed by atoms with Gasteiger partial charge in [-0.05, 0) is 30.7 Å². The van der Waals surface area contributed by atoms with Crippen LogP contribution in [0.3, 0.4) is 0 Å². The highest BCUT2D eigenvalue weighted by Crippen LogP contribution is 2.26. The number of aryl methyl sites for hydroxylation is 2. The van der Waals surface area contributed by atoms with E-state index in [9.17, 15) is 0 Å². The summed E-state index contributed by atoms with van der Waals surface area (Å²) < 4.78 is 6.85. The van der Waals surface area contributed by atoms with E-state index in [2.05, 4.69) is 31.2 Å². The summed E-state index contributed by atoms with van der Waals surface area (Å²) in [5, 5.41) is 3.01. The summed E-state index contributed by atoms with van der Waals surface area (Å²) >= 11 is 3.47. The van der Waals surface area contributed by atoms with Gasteiger partial charge in [0, 0.05) is 24.0 Å². The molecule has 0 amide bonds. The number of rotatable bonds is 4. The lowest BCUT2D eigenvalue weighted by molar-refractivity contribution is 0.459. The monoisotopic (exact) mass is 321 g/mol. The first-order valence-electron chi connectivity index (χ1n) is 6.12. The van der Waals surface area contributed by atoms with Crippen molar-refractivity contribution >= 4 is 21.7 Å². The Bertz CT molecular complexity index is 565. The molecule has 0 aliphatic carbocycles. The zero-order valence-corrected chi connectivity index (χ0v) is 12.8. The zero-order valence-electron chi connectivity index (χ0n) is 11.2. The summed E-state index contributed by atoms with van der Waals surface area (Å²) in [6.07, 6.45) is 0.769. The molecule has 19 heavy (non-hydrogen) atoms. The number of ether oxygens (including phenoxy) is 1. The van der Waals surface area contributed by atoms with Crippen LogP contribution in [0.5, 0.6) is 11.6 Å². The van der Waals surface area contributed by atoms with Crippen LogP contribution >= 0.6 is 15.9 Å². The molecule has 4 nitrogen and oxygen atoms in total. The Labute approximate surface area is 121 Å². The molecule has 1 aromatic carbocycles. The predicted octanol–water partition coefficient (Wildman–Crippen LogP) is 3.94. The second-order valence-corrected chi connectivity index (χ2v) is 4.98. The molecule has 0 fully saturated rings. The molecule has 1 heterocycles. The van der Waals surface area contributed by atoms with E-state index in [0.29, 0.717) is 5.88 Å². The van der Waals surface area contributed by atoms with E-state index in [4.69, 9.17) is 4.74 Å². The SMILES string of the molecule is CCc1nc(NC)cc(Oc2ccc(Br)c(C)c2)n1. The van der Waals surface area contributed by atoms with Crippen LogP contribution in [-0.4, -0.2) is 17.0 Å². The topological polar surface area (TPSA) is 47.0 Å². The molecule has 2 aromatic rings. The van der Waals surface area contributed by atoms with E-state index in [1.54, 1.807) is 6.07 Å². The van der Waals surface area contributed by atoms with Crippen LogP contribution in [0.1, 0.15) is 18.3 Å². The molecule has 0 saturated carbocycles. The van der Waals surface area contributed by atoms with Crippen molar-refractivity contribution in [1.29, 1.82) is 0 Å². The van der Waals surface area contributed by atoms with E-state index < -0.39 is 0 Å². The highest BCUT2D eigenvalue weighted by molar-refractivity contribution is 9.10. The van der Waals surface area contributed by atoms with Crippen LogP contribution in [0.2, 0.25) is 0 Å². The lowest BCUT2D eigenvalue weighted by atomic mass is 10.2. The summed E-state index contributed by atoms with van der Waals surface area (Å²) in [5.41, 5.74) is 1.12. The largest absolute Gasteiger partial charge is 0.439 e. The number of aromatic nitrogens is 2. The Balaban J connectivity index is 2.29. The summed E-state index contributed by atoms with van der Waals surface area (Å²) in [4.78, 5) is 8.70. The minimum Gasteiger partial charge on any atom is -0.439 e. The summed E-state index contributed by atoms with van der Waals surface area (Å²) in [6, 6.07) is 7.63. The number of nitrogens with zero attached hydrogens (tertiary/aromatic N) is 2. The van der Waals surface area contributed by atoms with Gasteiger partial charge in [-0.15, -0.1) is 0 Å². The highest BCUT2D eigenvalue weighted by Gasteiger charge is 2.06. The Morgan fingerprint density at radius 2 is 2.05 bits per heavy atom. The summed E-state index contributed by atoms with van der Waals surface area (Å²) in [7, 11) is 1.83. The first-order valence-corrected chi connectivity index (χ1v) is 6.91. The minimum absolute atomic E-state index is 0.554. The Morgan fingerprint density at radius 1 is 1.26 bits per heavy atom. The third-order valence-corrected chi connectivity index (χ3v) is 3.56. The van der Waals surface area contributed by atoms with Gasteiger partial charge in [0.05, 0.1) is 0 Å². The molecular formula is C14H16BrN3O. The predicted molar refractivity (Wildman–Crippen MR) is 79.9 cm³/mol. The van der Waals surface area contributed by atoms with Crippen LogP contribution in [0.25, 0.3) is 0 Å². The maximum Gasteiger partial charge on any atom is 0.224 e. The van der Waals surface area contributed by atoms with Crippen molar-refractivity contribution in [2.45, 2.75) is 20.3 Å². The van der Waals surface area contributed by atoms with Crippen LogP contribution in [0, 0.1) is 6.92 Å². The fraction of sp³-hybridized carbons (Fsp3) is 0.286. The third kappa shape index (κ3) is 3.44. The van der Waals surface area contributed by atoms with Crippen molar-refractivity contribution < 1.29 is 4.74 Å². The average Bonchev–Trinajstić information content (AvgIpc) is 2.42. The van der Waals surface area contributed by atoms with Crippen molar-refractivity contribution in [3.05, 3.63) is 40.1 Å². The highest BCUT2D eigenvalue weighted by atomic mass is 79.9. The molecule has 0 saturated heterocycles. The molecule has 0 aliphatic rings. The second kappa shape index (κ2) is 6.02. The van der Waals surface area contributed by atoms with Crippen molar-refractivity contribution in [3.63, 3.8) is 0 Å². The fourth-order valence-electron chi connectivity index (χ4n) is 1.61. The first-order chi connectivity index (χ1) is 9.12. The standard InChI is InChI=1S/C14H16BrN3O/c1-4-12-17-13(16-3)8-14(18-12)19-10-5-6-11(15)9(2)7-10/h5-8H,4H2,1-3H3,(H,16,17,18). The molecule has 1 aromatic heterocycles. The molecule has 1 N–H and O–H groups in total. The van der Waals surface area contributed by atoms with Crippen LogP contribution in [0.15, 0.2) is 28.7 Å². The molecule has 0 atom stereocenters. The van der Waals surface area contributed by atoms with E-state index >= 15 is 0 Å². The lowest BCUT2D eigenvalue weighted by Gasteiger charge is -2.09. The molecular weight excluding hydrogens is 306 g/mol. The van der Waals surface area contributed by atoms with Gasteiger partial charge in [0.15, 0.2) is 0 Å². The number of hydrogen-bond donors (Lipinski definition) is 1. The number of anilines is 1. The minimum atomic E-state index is 0.554. The molecule has 0 radical (unpaired) electrons. The fourth-order valence-corrected chi connectivity index (χ4v) is 1.86. The summed E-state index contributed by atoms with van der Waals surface area (Å²) in [6.45, 7) is 4.04. The number of hydrogen-bond acceptors (Lipinski definition) is 4. The maximum atomic E-state index is 5.79. The van der Waals surface area contributed by atoms with Crippen LogP contribution in [0.4, 0.5) is 5.82 Å². The van der Waals surface area contributed by atoms with Gasteiger partial charge in [0.25, 0.3) is 0 Å². The van der Waals surface area contributed by atoms with Crippen LogP contribution < -0.4 is 10.1 Å². The van der Waals surface area contributed by atoms with E-state index in [0.717, 1.165) is 33.8 Å². The second-order valence-electron chi connectivity index (χ2n) is 4.12. The van der Waals surface area contributed by atoms with Gasteiger partial charge in [-0.25, -0.2) is 4.98 Å². The van der Waals surface area contributed by atoms with E-state index in [1.807, 2.05) is 39.1 Å². The van der Waals surface area contributed by atoms with Gasteiger partial charge in [0.2, 0.25) is 5.88 Å². The van der Waals surface area contributed by atoms with Gasteiger partial charge in [-0.3, -0.25) is 0 Å². The normalized spacial score (nSPS) is 10.3. The number of halogens is 1. The van der Waals surface area contributed by atoms with Gasteiger partial charge in [0.1, 0.15) is 17.4 Å². The molecule has 0 spiro atoms. The van der Waals surface area contributed by atoms with Gasteiger partial charge in [-0.1, -0.05) is 22.9 Å². The van der Waals surface area contributed by atoms with Crippen molar-refractivity contribution in [3.8, 4) is 11.6 Å². The van der Waals surface area contributed by atoms with Gasteiger partial charge in [-0.2, -0.15) is 4.98 Å². The van der Waals surface area contributed by atoms with Crippen molar-refractivity contribution in [2.24, 2.45) is 0 Å². The van der Waals surface area contributed by atoms with E-state index in [1.165, 1.54) is 0 Å². The van der Waals surface area contributed by atoms with Crippen molar-refractivity contribution in [1.82, 2.24) is 9.97 Å². The number of benzene rings is 1. The zero-order chi connectivity index (χ0) is 13.8. The Morgan fingerprint density at radius 3 is 2.68 bits per heavy atom. The number of nitrogens with one attached hydrogen (secondary N) is 1. The van der Waals surface area contributed by atoms with Gasteiger partial charge < -0.3 is 10.1 Å². The molecule has 5 heteroatoms. The van der Waals surface area contributed by atoms with Crippen LogP contribution in [-0.2, 0) is 6.42 Å². The average molecular weight is 322 g/mol. The Kier molecular flexibility index (Phi) is 4.37. The van der Waals surface area contributed by atoms with Gasteiger partial charge >= 0.3 is 0 Å². The quantitative estimate of drug-likeness (QED) is 0.926.